The van der Waals surface area contributed by atoms with Crippen LogP contribution in [0.25, 0.3) is 0 Å². The molecule has 1 heterocycles. The van der Waals surface area contributed by atoms with Crippen molar-refractivity contribution in [3.63, 3.8) is 0 Å². The average Bonchev–Trinajstić information content (AvgIpc) is 2.40. The van der Waals surface area contributed by atoms with E-state index in [9.17, 15) is 4.79 Å². The summed E-state index contributed by atoms with van der Waals surface area (Å²) in [6.07, 6.45) is 2.24. The van der Waals surface area contributed by atoms with Crippen LogP contribution in [0.1, 0.15) is 41.6 Å². The maximum absolute atomic E-state index is 12.0. The van der Waals surface area contributed by atoms with Gasteiger partial charge in [0.2, 0.25) is 0 Å². The fraction of sp³-hybridized carbons (Fsp3) is 0.500. The lowest BCUT2D eigenvalue weighted by molar-refractivity contribution is 0.0954. The van der Waals surface area contributed by atoms with Crippen molar-refractivity contribution in [3.8, 4) is 0 Å². The van der Waals surface area contributed by atoms with E-state index < -0.39 is 0 Å². The Kier molecular flexibility index (Phi) is 6.16. The van der Waals surface area contributed by atoms with Gasteiger partial charge >= 0.3 is 0 Å². The first-order valence-corrected chi connectivity index (χ1v) is 6.40. The number of carbonyl (C=O) groups excluding carboxylic acids is 1. The molecule has 100 valence electrons. The third kappa shape index (κ3) is 3.47. The normalized spacial score (nSPS) is 15.8. The van der Waals surface area contributed by atoms with Gasteiger partial charge in [-0.3, -0.25) is 4.79 Å². The van der Waals surface area contributed by atoms with Gasteiger partial charge in [0, 0.05) is 12.1 Å². The van der Waals surface area contributed by atoms with E-state index in [0.29, 0.717) is 12.5 Å². The highest BCUT2D eigenvalue weighted by molar-refractivity contribution is 5.95. The number of hydrogen-bond acceptors (Lipinski definition) is 2. The summed E-state index contributed by atoms with van der Waals surface area (Å²) in [6.45, 7) is 4.73. The van der Waals surface area contributed by atoms with Gasteiger partial charge in [0.25, 0.3) is 5.91 Å². The largest absolute Gasteiger partial charge is 0.352 e. The number of piperidine rings is 1. The maximum Gasteiger partial charge on any atom is 0.251 e. The fourth-order valence-electron chi connectivity index (χ4n) is 2.45. The van der Waals surface area contributed by atoms with E-state index >= 15 is 0 Å². The predicted molar refractivity (Wildman–Crippen MR) is 76.5 cm³/mol. The van der Waals surface area contributed by atoms with E-state index in [2.05, 4.69) is 16.7 Å². The standard InChI is InChI=1S/C14H20N2O.ClH/c1-2-16-14(17)13-6-4-3-5-12(13)11-7-9-15-10-8-11;/h3-6,11,15H,2,7-10H2,1H3,(H,16,17);1H. The van der Waals surface area contributed by atoms with Gasteiger partial charge in [-0.25, -0.2) is 0 Å². The molecule has 0 radical (unpaired) electrons. The third-order valence-corrected chi connectivity index (χ3v) is 3.32. The highest BCUT2D eigenvalue weighted by Gasteiger charge is 2.20. The molecule has 2 N–H and O–H groups in total. The van der Waals surface area contributed by atoms with E-state index in [1.165, 1.54) is 5.56 Å². The van der Waals surface area contributed by atoms with Crippen molar-refractivity contribution in [1.82, 2.24) is 10.6 Å². The van der Waals surface area contributed by atoms with Gasteiger partial charge in [0.15, 0.2) is 0 Å². The summed E-state index contributed by atoms with van der Waals surface area (Å²) in [5.41, 5.74) is 2.06. The van der Waals surface area contributed by atoms with Gasteiger partial charge in [0.1, 0.15) is 0 Å². The van der Waals surface area contributed by atoms with Crippen molar-refractivity contribution >= 4 is 18.3 Å². The first kappa shape index (κ1) is 15.0. The van der Waals surface area contributed by atoms with Crippen LogP contribution in [0.4, 0.5) is 0 Å². The molecule has 0 saturated carbocycles. The Morgan fingerprint density at radius 3 is 2.67 bits per heavy atom. The Morgan fingerprint density at radius 1 is 1.33 bits per heavy atom. The molecule has 1 fully saturated rings. The molecule has 18 heavy (non-hydrogen) atoms. The Morgan fingerprint density at radius 2 is 2.00 bits per heavy atom. The third-order valence-electron chi connectivity index (χ3n) is 3.32. The van der Waals surface area contributed by atoms with Gasteiger partial charge in [-0.2, -0.15) is 0 Å². The van der Waals surface area contributed by atoms with Crippen molar-refractivity contribution in [2.75, 3.05) is 19.6 Å². The number of benzene rings is 1. The molecule has 0 bridgehead atoms. The second kappa shape index (κ2) is 7.39. The minimum absolute atomic E-state index is 0. The smallest absolute Gasteiger partial charge is 0.251 e. The Balaban J connectivity index is 0.00000162. The van der Waals surface area contributed by atoms with Crippen LogP contribution in [0, 0.1) is 0 Å². The van der Waals surface area contributed by atoms with E-state index in [1.54, 1.807) is 0 Å². The van der Waals surface area contributed by atoms with Crippen LogP contribution in [0.3, 0.4) is 0 Å². The van der Waals surface area contributed by atoms with Crippen LogP contribution < -0.4 is 10.6 Å². The molecule has 0 spiro atoms. The molecule has 1 aliphatic rings. The van der Waals surface area contributed by atoms with Gasteiger partial charge in [0.05, 0.1) is 0 Å². The van der Waals surface area contributed by atoms with Crippen molar-refractivity contribution in [2.24, 2.45) is 0 Å². The summed E-state index contributed by atoms with van der Waals surface area (Å²) in [4.78, 5) is 12.0. The molecule has 0 unspecified atom stereocenters. The van der Waals surface area contributed by atoms with E-state index in [1.807, 2.05) is 25.1 Å². The molecule has 1 aliphatic heterocycles. The van der Waals surface area contributed by atoms with Crippen molar-refractivity contribution in [2.45, 2.75) is 25.7 Å². The summed E-state index contributed by atoms with van der Waals surface area (Å²) >= 11 is 0. The van der Waals surface area contributed by atoms with Crippen molar-refractivity contribution in [3.05, 3.63) is 35.4 Å². The first-order valence-electron chi connectivity index (χ1n) is 6.40. The van der Waals surface area contributed by atoms with E-state index in [-0.39, 0.29) is 18.3 Å². The maximum atomic E-state index is 12.0. The average molecular weight is 269 g/mol. The molecule has 4 heteroatoms. The molecule has 0 aliphatic carbocycles. The molecule has 3 nitrogen and oxygen atoms in total. The van der Waals surface area contributed by atoms with Crippen LogP contribution >= 0.6 is 12.4 Å². The zero-order valence-corrected chi connectivity index (χ0v) is 11.6. The Labute approximate surface area is 115 Å². The molecule has 1 aromatic rings. The van der Waals surface area contributed by atoms with Crippen LogP contribution in [0.2, 0.25) is 0 Å². The zero-order valence-electron chi connectivity index (χ0n) is 10.7. The molecule has 1 saturated heterocycles. The number of carbonyl (C=O) groups is 1. The second-order valence-electron chi connectivity index (χ2n) is 4.47. The molecular formula is C14H21ClN2O. The minimum Gasteiger partial charge on any atom is -0.352 e. The highest BCUT2D eigenvalue weighted by Crippen LogP contribution is 2.27. The highest BCUT2D eigenvalue weighted by atomic mass is 35.5. The van der Waals surface area contributed by atoms with Gasteiger partial charge < -0.3 is 10.6 Å². The molecule has 0 aromatic heterocycles. The number of amides is 1. The fourth-order valence-corrected chi connectivity index (χ4v) is 2.45. The molecule has 0 atom stereocenters. The quantitative estimate of drug-likeness (QED) is 0.883. The lowest BCUT2D eigenvalue weighted by Gasteiger charge is -2.24. The summed E-state index contributed by atoms with van der Waals surface area (Å²) < 4.78 is 0. The van der Waals surface area contributed by atoms with Crippen LogP contribution in [-0.2, 0) is 0 Å². The minimum atomic E-state index is 0. The number of hydrogen-bond donors (Lipinski definition) is 2. The summed E-state index contributed by atoms with van der Waals surface area (Å²) in [6, 6.07) is 8.00. The summed E-state index contributed by atoms with van der Waals surface area (Å²) in [5.74, 6) is 0.580. The zero-order chi connectivity index (χ0) is 12.1. The van der Waals surface area contributed by atoms with E-state index in [4.69, 9.17) is 0 Å². The topological polar surface area (TPSA) is 41.1 Å². The van der Waals surface area contributed by atoms with Crippen molar-refractivity contribution in [1.29, 1.82) is 0 Å². The Bertz CT molecular complexity index is 389. The van der Waals surface area contributed by atoms with Gasteiger partial charge in [-0.1, -0.05) is 18.2 Å². The lowest BCUT2D eigenvalue weighted by Crippen LogP contribution is -2.29. The lowest BCUT2D eigenvalue weighted by atomic mass is 9.87. The first-order chi connectivity index (χ1) is 8.33. The Hall–Kier alpha value is -1.06. The van der Waals surface area contributed by atoms with Crippen LogP contribution in [0.5, 0.6) is 0 Å². The molecular weight excluding hydrogens is 248 g/mol. The summed E-state index contributed by atoms with van der Waals surface area (Å²) in [7, 11) is 0. The van der Waals surface area contributed by atoms with Gasteiger partial charge in [-0.15, -0.1) is 12.4 Å². The SMILES string of the molecule is CCNC(=O)c1ccccc1C1CCNCC1.Cl. The molecule has 1 amide bonds. The van der Waals surface area contributed by atoms with Crippen LogP contribution in [0.15, 0.2) is 24.3 Å². The van der Waals surface area contributed by atoms with Crippen LogP contribution in [-0.4, -0.2) is 25.5 Å². The van der Waals surface area contributed by atoms with Crippen molar-refractivity contribution < 1.29 is 4.79 Å². The number of rotatable bonds is 3. The molecule has 1 aromatic carbocycles. The van der Waals surface area contributed by atoms with E-state index in [0.717, 1.165) is 31.5 Å². The predicted octanol–water partition coefficient (Wildman–Crippen LogP) is 2.33. The monoisotopic (exact) mass is 268 g/mol. The number of halogens is 1. The number of nitrogens with one attached hydrogen (secondary N) is 2. The summed E-state index contributed by atoms with van der Waals surface area (Å²) in [5, 5.41) is 6.24. The van der Waals surface area contributed by atoms with Gasteiger partial charge in [-0.05, 0) is 50.4 Å². The molecule has 2 rings (SSSR count). The second-order valence-corrected chi connectivity index (χ2v) is 4.47.